The molecule has 2 N–H and O–H groups in total. The van der Waals surface area contributed by atoms with Crippen LogP contribution in [-0.2, 0) is 4.79 Å². The van der Waals surface area contributed by atoms with Gasteiger partial charge >= 0.3 is 5.97 Å². The van der Waals surface area contributed by atoms with Crippen LogP contribution in [0.1, 0.15) is 41.6 Å². The zero-order chi connectivity index (χ0) is 16.0. The van der Waals surface area contributed by atoms with Crippen molar-refractivity contribution in [3.63, 3.8) is 0 Å². The van der Waals surface area contributed by atoms with Gasteiger partial charge in [-0.05, 0) is 32.9 Å². The lowest BCUT2D eigenvalue weighted by Gasteiger charge is -2.21. The van der Waals surface area contributed by atoms with Gasteiger partial charge in [-0.25, -0.2) is 4.79 Å². The Labute approximate surface area is 123 Å². The van der Waals surface area contributed by atoms with Crippen LogP contribution in [0.3, 0.4) is 0 Å². The first-order chi connectivity index (χ1) is 9.86. The molecule has 0 spiro atoms. The summed E-state index contributed by atoms with van der Waals surface area (Å²) in [7, 11) is 0. The minimum atomic E-state index is -1.23. The molecule has 1 heterocycles. The van der Waals surface area contributed by atoms with E-state index in [0.29, 0.717) is 0 Å². The quantitative estimate of drug-likeness (QED) is 0.807. The van der Waals surface area contributed by atoms with E-state index in [1.54, 1.807) is 6.92 Å². The van der Waals surface area contributed by atoms with Crippen molar-refractivity contribution < 1.29 is 19.5 Å². The van der Waals surface area contributed by atoms with E-state index in [4.69, 9.17) is 5.11 Å². The van der Waals surface area contributed by atoms with E-state index in [9.17, 15) is 14.4 Å². The molecule has 0 aliphatic carbocycles. The molecule has 21 heavy (non-hydrogen) atoms. The maximum atomic E-state index is 12.3. The Hall–Kier alpha value is -2.44. The number of carbonyl (C=O) groups excluding carboxylic acids is 2. The molecule has 0 aliphatic rings. The van der Waals surface area contributed by atoms with Crippen molar-refractivity contribution in [1.82, 2.24) is 15.2 Å². The second-order valence-corrected chi connectivity index (χ2v) is 4.75. The maximum Gasteiger partial charge on any atom is 0.338 e. The van der Waals surface area contributed by atoms with Gasteiger partial charge < -0.3 is 15.3 Å². The van der Waals surface area contributed by atoms with Crippen LogP contribution in [0.4, 0.5) is 0 Å². The highest BCUT2D eigenvalue weighted by molar-refractivity contribution is 6.04. The molecule has 0 aliphatic heterocycles. The Bertz CT molecular complexity index is 543. The Morgan fingerprint density at radius 1 is 1.38 bits per heavy atom. The van der Waals surface area contributed by atoms with E-state index in [-0.39, 0.29) is 36.3 Å². The van der Waals surface area contributed by atoms with Gasteiger partial charge in [0.1, 0.15) is 5.69 Å². The lowest BCUT2D eigenvalue weighted by Crippen LogP contribution is -2.43. The predicted octanol–water partition coefficient (Wildman–Crippen LogP) is 0.766. The van der Waals surface area contributed by atoms with E-state index in [1.165, 1.54) is 23.2 Å². The molecule has 0 saturated carbocycles. The monoisotopic (exact) mass is 293 g/mol. The smallest absolute Gasteiger partial charge is 0.338 e. The normalized spacial score (nSPS) is 10.3. The molecule has 0 unspecified atom stereocenters. The lowest BCUT2D eigenvalue weighted by molar-refractivity contribution is -0.122. The molecule has 7 nitrogen and oxygen atoms in total. The second kappa shape index (κ2) is 7.37. The zero-order valence-electron chi connectivity index (χ0n) is 12.3. The van der Waals surface area contributed by atoms with Crippen molar-refractivity contribution in [1.29, 1.82) is 0 Å². The molecule has 2 amide bonds. The summed E-state index contributed by atoms with van der Waals surface area (Å²) in [5.74, 6) is -2.10. The number of nitrogens with one attached hydrogen (secondary N) is 1. The largest absolute Gasteiger partial charge is 0.478 e. The molecular formula is C14H19N3O4. The van der Waals surface area contributed by atoms with Crippen LogP contribution in [0.2, 0.25) is 0 Å². The minimum Gasteiger partial charge on any atom is -0.478 e. The number of amides is 2. The van der Waals surface area contributed by atoms with Crippen LogP contribution in [-0.4, -0.2) is 51.9 Å². The van der Waals surface area contributed by atoms with Crippen molar-refractivity contribution in [3.05, 3.63) is 29.6 Å². The number of carboxylic acid groups (broad SMARTS) is 1. The number of carbonyl (C=O) groups is 3. The van der Waals surface area contributed by atoms with E-state index in [0.717, 1.165) is 0 Å². The van der Waals surface area contributed by atoms with Crippen molar-refractivity contribution in [3.8, 4) is 0 Å². The summed E-state index contributed by atoms with van der Waals surface area (Å²) >= 11 is 0. The fourth-order valence-electron chi connectivity index (χ4n) is 1.77. The third kappa shape index (κ3) is 4.55. The van der Waals surface area contributed by atoms with Crippen molar-refractivity contribution in [2.24, 2.45) is 0 Å². The summed E-state index contributed by atoms with van der Waals surface area (Å²) in [5, 5.41) is 11.8. The highest BCUT2D eigenvalue weighted by Crippen LogP contribution is 2.09. The Kier molecular flexibility index (Phi) is 5.83. The fraction of sp³-hybridized carbons (Fsp3) is 0.429. The summed E-state index contributed by atoms with van der Waals surface area (Å²) in [6.45, 7) is 5.49. The van der Waals surface area contributed by atoms with Crippen molar-refractivity contribution in [2.75, 3.05) is 13.1 Å². The third-order valence-electron chi connectivity index (χ3n) is 2.69. The standard InChI is InChI=1S/C14H19N3O4/c1-4-17(8-11(18)16-9(2)3)13(19)12-10(14(20)21)6-5-7-15-12/h5-7,9H,4,8H2,1-3H3,(H,16,18)(H,20,21). The topological polar surface area (TPSA) is 99.6 Å². The third-order valence-corrected chi connectivity index (χ3v) is 2.69. The van der Waals surface area contributed by atoms with Gasteiger partial charge in [0.15, 0.2) is 0 Å². The van der Waals surface area contributed by atoms with E-state index in [1.807, 2.05) is 13.8 Å². The molecule has 0 saturated heterocycles. The number of aromatic nitrogens is 1. The summed E-state index contributed by atoms with van der Waals surface area (Å²) in [4.78, 5) is 40.3. The molecule has 0 fully saturated rings. The number of hydrogen-bond acceptors (Lipinski definition) is 4. The Morgan fingerprint density at radius 2 is 2.05 bits per heavy atom. The van der Waals surface area contributed by atoms with Crippen LogP contribution in [0.5, 0.6) is 0 Å². The molecule has 0 atom stereocenters. The van der Waals surface area contributed by atoms with E-state index < -0.39 is 11.9 Å². The number of rotatable bonds is 6. The average Bonchev–Trinajstić information content (AvgIpc) is 2.43. The summed E-state index contributed by atoms with van der Waals surface area (Å²) < 4.78 is 0. The van der Waals surface area contributed by atoms with Gasteiger partial charge in [0.2, 0.25) is 5.91 Å². The van der Waals surface area contributed by atoms with Crippen LogP contribution in [0.15, 0.2) is 18.3 Å². The molecule has 1 aromatic heterocycles. The summed E-state index contributed by atoms with van der Waals surface area (Å²) in [6.07, 6.45) is 1.35. The lowest BCUT2D eigenvalue weighted by atomic mass is 10.1. The summed E-state index contributed by atoms with van der Waals surface area (Å²) in [5.41, 5.74) is -0.339. The van der Waals surface area contributed by atoms with Gasteiger partial charge in [-0.3, -0.25) is 14.6 Å². The number of aromatic carboxylic acids is 1. The highest BCUT2D eigenvalue weighted by atomic mass is 16.4. The number of nitrogens with zero attached hydrogens (tertiary/aromatic N) is 2. The van der Waals surface area contributed by atoms with Gasteiger partial charge in [0, 0.05) is 18.8 Å². The molecular weight excluding hydrogens is 274 g/mol. The maximum absolute atomic E-state index is 12.3. The summed E-state index contributed by atoms with van der Waals surface area (Å²) in [6, 6.07) is 2.72. The van der Waals surface area contributed by atoms with Crippen LogP contribution in [0, 0.1) is 0 Å². The first-order valence-electron chi connectivity index (χ1n) is 6.63. The predicted molar refractivity (Wildman–Crippen MR) is 76.1 cm³/mol. The molecule has 114 valence electrons. The fourth-order valence-corrected chi connectivity index (χ4v) is 1.77. The number of hydrogen-bond donors (Lipinski definition) is 2. The van der Waals surface area contributed by atoms with Crippen LogP contribution in [0.25, 0.3) is 0 Å². The molecule has 0 bridgehead atoms. The zero-order valence-corrected chi connectivity index (χ0v) is 12.3. The first kappa shape index (κ1) is 16.6. The average molecular weight is 293 g/mol. The van der Waals surface area contributed by atoms with Crippen molar-refractivity contribution in [2.45, 2.75) is 26.8 Å². The van der Waals surface area contributed by atoms with E-state index in [2.05, 4.69) is 10.3 Å². The Balaban J connectivity index is 2.94. The SMILES string of the molecule is CCN(CC(=O)NC(C)C)C(=O)c1ncccc1C(=O)O. The second-order valence-electron chi connectivity index (χ2n) is 4.75. The van der Waals surface area contributed by atoms with Crippen LogP contribution < -0.4 is 5.32 Å². The number of likely N-dealkylation sites (N-methyl/N-ethyl adjacent to an activating group) is 1. The van der Waals surface area contributed by atoms with Gasteiger partial charge in [0.25, 0.3) is 5.91 Å². The minimum absolute atomic E-state index is 0.0317. The first-order valence-corrected chi connectivity index (χ1v) is 6.63. The molecule has 7 heteroatoms. The Morgan fingerprint density at radius 3 is 2.57 bits per heavy atom. The van der Waals surface area contributed by atoms with Gasteiger partial charge in [-0.1, -0.05) is 0 Å². The molecule has 0 aromatic carbocycles. The van der Waals surface area contributed by atoms with Gasteiger partial charge in [0.05, 0.1) is 12.1 Å². The number of pyridine rings is 1. The molecule has 1 rings (SSSR count). The molecule has 0 radical (unpaired) electrons. The number of carboxylic acids is 1. The molecule has 1 aromatic rings. The van der Waals surface area contributed by atoms with E-state index >= 15 is 0 Å². The highest BCUT2D eigenvalue weighted by Gasteiger charge is 2.23. The van der Waals surface area contributed by atoms with Gasteiger partial charge in [-0.2, -0.15) is 0 Å². The van der Waals surface area contributed by atoms with Crippen molar-refractivity contribution >= 4 is 17.8 Å². The van der Waals surface area contributed by atoms with Gasteiger partial charge in [-0.15, -0.1) is 0 Å². The van der Waals surface area contributed by atoms with Crippen LogP contribution >= 0.6 is 0 Å².